The predicted molar refractivity (Wildman–Crippen MR) is 46.7 cm³/mol. The van der Waals surface area contributed by atoms with Crippen LogP contribution in [0.5, 0.6) is 0 Å². The smallest absolute Gasteiger partial charge is 0.297 e. The van der Waals surface area contributed by atoms with Crippen molar-refractivity contribution in [3.63, 3.8) is 0 Å². The van der Waals surface area contributed by atoms with Gasteiger partial charge >= 0.3 is 5.69 Å². The zero-order valence-corrected chi connectivity index (χ0v) is 7.44. The van der Waals surface area contributed by atoms with E-state index in [0.29, 0.717) is 5.56 Å². The summed E-state index contributed by atoms with van der Waals surface area (Å²) in [6, 6.07) is 3.51. The average Bonchev–Trinajstić information content (AvgIpc) is 2.17. The fourth-order valence-corrected chi connectivity index (χ4v) is 1.00. The van der Waals surface area contributed by atoms with E-state index in [0.717, 1.165) is 12.1 Å². The summed E-state index contributed by atoms with van der Waals surface area (Å²) in [5.41, 5.74) is -0.119. The quantitative estimate of drug-likeness (QED) is 0.594. The van der Waals surface area contributed by atoms with Gasteiger partial charge in [0.2, 0.25) is 5.82 Å². The SMILES string of the molecule is CC(ON)c1ccc(F)c([N+](=O)[O-])c1. The minimum absolute atomic E-state index is 0.459. The Bertz CT molecular complexity index is 356. The second kappa shape index (κ2) is 4.12. The van der Waals surface area contributed by atoms with Crippen LogP contribution in [0.25, 0.3) is 0 Å². The van der Waals surface area contributed by atoms with Gasteiger partial charge in [0.15, 0.2) is 0 Å². The molecule has 0 fully saturated rings. The van der Waals surface area contributed by atoms with Crippen molar-refractivity contribution in [1.29, 1.82) is 0 Å². The van der Waals surface area contributed by atoms with Crippen LogP contribution in [-0.4, -0.2) is 4.92 Å². The first-order valence-electron chi connectivity index (χ1n) is 3.85. The minimum atomic E-state index is -0.872. The van der Waals surface area contributed by atoms with Crippen LogP contribution in [0.4, 0.5) is 10.1 Å². The fraction of sp³-hybridized carbons (Fsp3) is 0.250. The Hall–Kier alpha value is -1.53. The molecule has 1 aromatic rings. The maximum atomic E-state index is 12.9. The molecule has 0 saturated heterocycles. The minimum Gasteiger partial charge on any atom is -0.297 e. The zero-order valence-electron chi connectivity index (χ0n) is 7.44. The third kappa shape index (κ3) is 2.04. The van der Waals surface area contributed by atoms with Crippen LogP contribution in [0.1, 0.15) is 18.6 Å². The van der Waals surface area contributed by atoms with E-state index >= 15 is 0 Å². The average molecular weight is 200 g/mol. The Morgan fingerprint density at radius 2 is 2.29 bits per heavy atom. The van der Waals surface area contributed by atoms with E-state index in [4.69, 9.17) is 5.90 Å². The number of nitrogens with two attached hydrogens (primary N) is 1. The summed E-state index contributed by atoms with van der Waals surface area (Å²) in [7, 11) is 0. The number of hydrogen-bond donors (Lipinski definition) is 1. The first-order valence-corrected chi connectivity index (χ1v) is 3.85. The molecule has 0 bridgehead atoms. The van der Waals surface area contributed by atoms with E-state index in [1.165, 1.54) is 6.07 Å². The molecular weight excluding hydrogens is 191 g/mol. The molecule has 1 aromatic carbocycles. The summed E-state index contributed by atoms with van der Waals surface area (Å²) in [5.74, 6) is 4.03. The molecule has 0 aromatic heterocycles. The van der Waals surface area contributed by atoms with Gasteiger partial charge in [0.05, 0.1) is 4.92 Å². The number of nitrogens with zero attached hydrogens (tertiary/aromatic N) is 1. The first-order chi connectivity index (χ1) is 6.56. The topological polar surface area (TPSA) is 78.4 Å². The van der Waals surface area contributed by atoms with Crippen LogP contribution >= 0.6 is 0 Å². The van der Waals surface area contributed by atoms with Gasteiger partial charge in [-0.25, -0.2) is 5.90 Å². The van der Waals surface area contributed by atoms with E-state index in [9.17, 15) is 14.5 Å². The Kier molecular flexibility index (Phi) is 3.10. The maximum Gasteiger partial charge on any atom is 0.305 e. The second-order valence-electron chi connectivity index (χ2n) is 2.75. The molecule has 0 saturated carbocycles. The molecule has 0 radical (unpaired) electrons. The third-order valence-corrected chi connectivity index (χ3v) is 1.84. The van der Waals surface area contributed by atoms with Crippen molar-refractivity contribution in [2.45, 2.75) is 13.0 Å². The number of hydrogen-bond acceptors (Lipinski definition) is 4. The van der Waals surface area contributed by atoms with Gasteiger partial charge in [0.25, 0.3) is 0 Å². The van der Waals surface area contributed by atoms with Gasteiger partial charge in [-0.3, -0.25) is 15.0 Å². The molecule has 6 heteroatoms. The molecule has 2 N–H and O–H groups in total. The Morgan fingerprint density at radius 1 is 1.64 bits per heavy atom. The lowest BCUT2D eigenvalue weighted by molar-refractivity contribution is -0.387. The van der Waals surface area contributed by atoms with Crippen LogP contribution in [0.15, 0.2) is 18.2 Å². The van der Waals surface area contributed by atoms with Crippen molar-refractivity contribution in [2.75, 3.05) is 0 Å². The van der Waals surface area contributed by atoms with Gasteiger partial charge in [-0.2, -0.15) is 4.39 Å². The number of rotatable bonds is 3. The van der Waals surface area contributed by atoms with Crippen molar-refractivity contribution in [2.24, 2.45) is 5.90 Å². The van der Waals surface area contributed by atoms with Crippen molar-refractivity contribution in [3.8, 4) is 0 Å². The standard InChI is InChI=1S/C8H9FN2O3/c1-5(14-10)6-2-3-7(9)8(4-6)11(12)13/h2-5H,10H2,1H3. The lowest BCUT2D eigenvalue weighted by Crippen LogP contribution is -2.06. The van der Waals surface area contributed by atoms with Crippen LogP contribution in [-0.2, 0) is 4.84 Å². The fourth-order valence-electron chi connectivity index (χ4n) is 1.00. The van der Waals surface area contributed by atoms with Crippen LogP contribution in [0.2, 0.25) is 0 Å². The van der Waals surface area contributed by atoms with Gasteiger partial charge in [0.1, 0.15) is 6.10 Å². The predicted octanol–water partition coefficient (Wildman–Crippen LogP) is 1.69. The van der Waals surface area contributed by atoms with Gasteiger partial charge < -0.3 is 0 Å². The second-order valence-corrected chi connectivity index (χ2v) is 2.75. The zero-order chi connectivity index (χ0) is 10.7. The molecule has 0 heterocycles. The van der Waals surface area contributed by atoms with Crippen molar-refractivity contribution in [1.82, 2.24) is 0 Å². The highest BCUT2D eigenvalue weighted by atomic mass is 19.1. The Labute approximate surface area is 79.4 Å². The van der Waals surface area contributed by atoms with Gasteiger partial charge in [0, 0.05) is 6.07 Å². The first kappa shape index (κ1) is 10.6. The van der Waals surface area contributed by atoms with Crippen LogP contribution in [0, 0.1) is 15.9 Å². The molecule has 0 aliphatic carbocycles. The molecule has 0 aliphatic rings. The summed E-state index contributed by atoms with van der Waals surface area (Å²) in [5, 5.41) is 10.4. The Balaban J connectivity index is 3.12. The molecule has 0 aliphatic heterocycles. The van der Waals surface area contributed by atoms with Gasteiger partial charge in [-0.15, -0.1) is 0 Å². The molecule has 1 unspecified atom stereocenters. The van der Waals surface area contributed by atoms with Crippen LogP contribution in [0.3, 0.4) is 0 Å². The molecule has 1 atom stereocenters. The largest absolute Gasteiger partial charge is 0.305 e. The van der Waals surface area contributed by atoms with Crippen molar-refractivity contribution in [3.05, 3.63) is 39.7 Å². The monoisotopic (exact) mass is 200 g/mol. The summed E-state index contributed by atoms with van der Waals surface area (Å²) in [6.07, 6.45) is -0.505. The Morgan fingerprint density at radius 3 is 2.79 bits per heavy atom. The van der Waals surface area contributed by atoms with Gasteiger partial charge in [-0.05, 0) is 18.6 Å². The maximum absolute atomic E-state index is 12.9. The van der Waals surface area contributed by atoms with Crippen molar-refractivity contribution < 1.29 is 14.2 Å². The third-order valence-electron chi connectivity index (χ3n) is 1.84. The molecule has 76 valence electrons. The van der Waals surface area contributed by atoms with E-state index in [1.54, 1.807) is 6.92 Å². The molecule has 1 rings (SSSR count). The molecule has 0 spiro atoms. The summed E-state index contributed by atoms with van der Waals surface area (Å²) in [4.78, 5) is 14.1. The summed E-state index contributed by atoms with van der Waals surface area (Å²) in [6.45, 7) is 1.61. The summed E-state index contributed by atoms with van der Waals surface area (Å²) < 4.78 is 12.9. The van der Waals surface area contributed by atoms with Crippen LogP contribution < -0.4 is 5.90 Å². The lowest BCUT2D eigenvalue weighted by Gasteiger charge is -2.08. The summed E-state index contributed by atoms with van der Waals surface area (Å²) >= 11 is 0. The molecular formula is C8H9FN2O3. The van der Waals surface area contributed by atoms with Gasteiger partial charge in [-0.1, -0.05) is 6.07 Å². The highest BCUT2D eigenvalue weighted by molar-refractivity contribution is 5.36. The van der Waals surface area contributed by atoms with E-state index in [2.05, 4.69) is 4.84 Å². The number of halogens is 1. The van der Waals surface area contributed by atoms with E-state index < -0.39 is 22.5 Å². The lowest BCUT2D eigenvalue weighted by atomic mass is 10.1. The highest BCUT2D eigenvalue weighted by Gasteiger charge is 2.16. The van der Waals surface area contributed by atoms with E-state index in [-0.39, 0.29) is 0 Å². The molecule has 5 nitrogen and oxygen atoms in total. The number of nitro benzene ring substituents is 1. The molecule has 0 amide bonds. The highest BCUT2D eigenvalue weighted by Crippen LogP contribution is 2.23. The molecule has 14 heavy (non-hydrogen) atoms. The normalized spacial score (nSPS) is 12.5. The number of benzene rings is 1. The van der Waals surface area contributed by atoms with Crippen molar-refractivity contribution >= 4 is 5.69 Å². The van der Waals surface area contributed by atoms with E-state index in [1.807, 2.05) is 0 Å². The number of nitro groups is 1.